The third-order valence-corrected chi connectivity index (χ3v) is 5.23. The second kappa shape index (κ2) is 8.29. The van der Waals surface area contributed by atoms with Crippen molar-refractivity contribution < 1.29 is 4.79 Å². The topological polar surface area (TPSA) is 92.7 Å². The molecule has 1 amide bonds. The molecule has 1 aliphatic carbocycles. The summed E-state index contributed by atoms with van der Waals surface area (Å²) in [7, 11) is 0. The quantitative estimate of drug-likeness (QED) is 0.792. The number of H-pyrrole nitrogens is 1. The van der Waals surface area contributed by atoms with E-state index in [1.165, 1.54) is 12.8 Å². The monoisotopic (exact) mass is 357 g/mol. The number of hydrogen-bond donors (Lipinski definition) is 2. The average Bonchev–Trinajstić information content (AvgIpc) is 3.25. The molecule has 2 heterocycles. The Morgan fingerprint density at radius 3 is 2.77 bits per heavy atom. The zero-order valence-electron chi connectivity index (χ0n) is 15.5. The van der Waals surface area contributed by atoms with Crippen LogP contribution < -0.4 is 10.9 Å². The Kier molecular flexibility index (Phi) is 5.85. The summed E-state index contributed by atoms with van der Waals surface area (Å²) in [5.74, 6) is 0.417. The molecule has 3 rings (SSSR count). The van der Waals surface area contributed by atoms with Crippen molar-refractivity contribution in [1.29, 1.82) is 0 Å². The lowest BCUT2D eigenvalue weighted by Crippen LogP contribution is -2.31. The summed E-state index contributed by atoms with van der Waals surface area (Å²) in [4.78, 5) is 28.7. The minimum Gasteiger partial charge on any atom is -0.354 e. The number of carbonyl (C=O) groups is 1. The van der Waals surface area contributed by atoms with Crippen LogP contribution in [0, 0.1) is 13.8 Å². The van der Waals surface area contributed by atoms with Gasteiger partial charge in [0.1, 0.15) is 0 Å². The van der Waals surface area contributed by atoms with Gasteiger partial charge in [0, 0.05) is 37.2 Å². The minimum absolute atomic E-state index is 0.0198. The third kappa shape index (κ3) is 4.39. The van der Waals surface area contributed by atoms with Crippen LogP contribution in [0.5, 0.6) is 0 Å². The van der Waals surface area contributed by atoms with Gasteiger partial charge in [0.15, 0.2) is 0 Å². The average molecular weight is 357 g/mol. The lowest BCUT2D eigenvalue weighted by molar-refractivity contribution is -0.121. The summed E-state index contributed by atoms with van der Waals surface area (Å²) < 4.78 is 1.56. The summed E-state index contributed by atoms with van der Waals surface area (Å²) in [5.41, 5.74) is 3.92. The highest BCUT2D eigenvalue weighted by atomic mass is 16.1. The smallest absolute Gasteiger partial charge is 0.253 e. The van der Waals surface area contributed by atoms with Gasteiger partial charge in [-0.3, -0.25) is 19.3 Å². The van der Waals surface area contributed by atoms with Crippen LogP contribution in [0.1, 0.15) is 60.7 Å². The van der Waals surface area contributed by atoms with Gasteiger partial charge in [-0.2, -0.15) is 5.10 Å². The molecule has 1 aliphatic rings. The summed E-state index contributed by atoms with van der Waals surface area (Å²) in [6, 6.07) is 1.66. The van der Waals surface area contributed by atoms with Crippen LogP contribution in [0.2, 0.25) is 0 Å². The standard InChI is InChI=1S/C19H27N5O2/c1-13-16(14(2)23-22-13)7-8-18(25)20-9-10-24-12-21-17(11-19(24)26)15-5-3-4-6-15/h11-12,15H,3-10H2,1-2H3,(H,20,25)(H,22,23). The van der Waals surface area contributed by atoms with Crippen molar-refractivity contribution in [2.45, 2.75) is 64.8 Å². The summed E-state index contributed by atoms with van der Waals surface area (Å²) in [5, 5.41) is 9.94. The van der Waals surface area contributed by atoms with Gasteiger partial charge < -0.3 is 5.32 Å². The van der Waals surface area contributed by atoms with E-state index in [2.05, 4.69) is 20.5 Å². The van der Waals surface area contributed by atoms with Crippen LogP contribution in [0.4, 0.5) is 0 Å². The molecule has 2 aromatic rings. The van der Waals surface area contributed by atoms with Gasteiger partial charge in [0.2, 0.25) is 5.91 Å². The van der Waals surface area contributed by atoms with Gasteiger partial charge in [0.05, 0.1) is 17.7 Å². The second-order valence-electron chi connectivity index (χ2n) is 7.09. The number of aromatic nitrogens is 4. The van der Waals surface area contributed by atoms with E-state index in [0.717, 1.165) is 35.5 Å². The number of rotatable bonds is 7. The number of aromatic amines is 1. The van der Waals surface area contributed by atoms with Crippen molar-refractivity contribution in [2.75, 3.05) is 6.54 Å². The summed E-state index contributed by atoms with van der Waals surface area (Å²) in [6.07, 6.45) is 7.38. The van der Waals surface area contributed by atoms with E-state index in [1.807, 2.05) is 13.8 Å². The van der Waals surface area contributed by atoms with Crippen LogP contribution in [0.3, 0.4) is 0 Å². The minimum atomic E-state index is -0.0409. The molecule has 0 bridgehead atoms. The summed E-state index contributed by atoms with van der Waals surface area (Å²) in [6.45, 7) is 4.76. The van der Waals surface area contributed by atoms with E-state index >= 15 is 0 Å². The number of amides is 1. The van der Waals surface area contributed by atoms with Crippen LogP contribution in [0.15, 0.2) is 17.2 Å². The zero-order chi connectivity index (χ0) is 18.5. The predicted octanol–water partition coefficient (Wildman–Crippen LogP) is 1.99. The molecule has 2 aromatic heterocycles. The molecular weight excluding hydrogens is 330 g/mol. The Labute approximate surface area is 153 Å². The molecule has 7 nitrogen and oxygen atoms in total. The largest absolute Gasteiger partial charge is 0.354 e. The molecule has 2 N–H and O–H groups in total. The van der Waals surface area contributed by atoms with Crippen molar-refractivity contribution in [3.63, 3.8) is 0 Å². The van der Waals surface area contributed by atoms with E-state index in [9.17, 15) is 9.59 Å². The maximum atomic E-state index is 12.2. The van der Waals surface area contributed by atoms with E-state index in [0.29, 0.717) is 31.8 Å². The highest BCUT2D eigenvalue weighted by molar-refractivity contribution is 5.76. The molecule has 0 aromatic carbocycles. The second-order valence-corrected chi connectivity index (χ2v) is 7.09. The van der Waals surface area contributed by atoms with Gasteiger partial charge in [-0.1, -0.05) is 12.8 Å². The molecule has 0 spiro atoms. The van der Waals surface area contributed by atoms with Crippen molar-refractivity contribution >= 4 is 5.91 Å². The Morgan fingerprint density at radius 1 is 1.35 bits per heavy atom. The van der Waals surface area contributed by atoms with Gasteiger partial charge in [-0.25, -0.2) is 4.98 Å². The van der Waals surface area contributed by atoms with Gasteiger partial charge in [0.25, 0.3) is 5.56 Å². The van der Waals surface area contributed by atoms with Crippen molar-refractivity contribution in [1.82, 2.24) is 25.1 Å². The maximum Gasteiger partial charge on any atom is 0.253 e. The molecule has 7 heteroatoms. The van der Waals surface area contributed by atoms with Crippen molar-refractivity contribution in [3.05, 3.63) is 45.4 Å². The lowest BCUT2D eigenvalue weighted by atomic mass is 10.0. The first-order valence-corrected chi connectivity index (χ1v) is 9.38. The molecule has 1 saturated carbocycles. The first-order valence-electron chi connectivity index (χ1n) is 9.38. The van der Waals surface area contributed by atoms with Gasteiger partial charge in [-0.15, -0.1) is 0 Å². The third-order valence-electron chi connectivity index (χ3n) is 5.23. The predicted molar refractivity (Wildman–Crippen MR) is 99.1 cm³/mol. The van der Waals surface area contributed by atoms with Gasteiger partial charge in [-0.05, 0) is 38.7 Å². The molecule has 26 heavy (non-hydrogen) atoms. The Hall–Kier alpha value is -2.44. The normalized spacial score (nSPS) is 14.7. The zero-order valence-corrected chi connectivity index (χ0v) is 15.5. The molecule has 140 valence electrons. The molecule has 0 saturated heterocycles. The molecule has 0 atom stereocenters. The van der Waals surface area contributed by atoms with E-state index in [1.54, 1.807) is 17.0 Å². The first kappa shape index (κ1) is 18.4. The van der Waals surface area contributed by atoms with Crippen molar-refractivity contribution in [3.8, 4) is 0 Å². The van der Waals surface area contributed by atoms with Crippen LogP contribution in [-0.4, -0.2) is 32.2 Å². The van der Waals surface area contributed by atoms with E-state index in [-0.39, 0.29) is 11.5 Å². The Bertz CT molecular complexity index is 798. The molecule has 0 unspecified atom stereocenters. The Balaban J connectivity index is 1.45. The SMILES string of the molecule is Cc1n[nH]c(C)c1CCC(=O)NCCn1cnc(C2CCCC2)cc1=O. The molecule has 0 aliphatic heterocycles. The van der Waals surface area contributed by atoms with Crippen LogP contribution in [-0.2, 0) is 17.8 Å². The maximum absolute atomic E-state index is 12.2. The van der Waals surface area contributed by atoms with Gasteiger partial charge >= 0.3 is 0 Å². The fourth-order valence-corrected chi connectivity index (χ4v) is 3.64. The highest BCUT2D eigenvalue weighted by Gasteiger charge is 2.18. The van der Waals surface area contributed by atoms with Crippen LogP contribution >= 0.6 is 0 Å². The number of aryl methyl sites for hydroxylation is 2. The fourth-order valence-electron chi connectivity index (χ4n) is 3.64. The van der Waals surface area contributed by atoms with E-state index < -0.39 is 0 Å². The van der Waals surface area contributed by atoms with Crippen LogP contribution in [0.25, 0.3) is 0 Å². The molecule has 0 radical (unpaired) electrons. The number of hydrogen-bond acceptors (Lipinski definition) is 4. The Morgan fingerprint density at radius 2 is 2.12 bits per heavy atom. The van der Waals surface area contributed by atoms with Crippen molar-refractivity contribution in [2.24, 2.45) is 0 Å². The molecule has 1 fully saturated rings. The lowest BCUT2D eigenvalue weighted by Gasteiger charge is -2.11. The number of nitrogens with one attached hydrogen (secondary N) is 2. The molecular formula is C19H27N5O2. The number of carbonyl (C=O) groups excluding carboxylic acids is 1. The number of nitrogens with zero attached hydrogens (tertiary/aromatic N) is 3. The fraction of sp³-hybridized carbons (Fsp3) is 0.579. The highest BCUT2D eigenvalue weighted by Crippen LogP contribution is 2.32. The van der Waals surface area contributed by atoms with E-state index in [4.69, 9.17) is 0 Å². The summed E-state index contributed by atoms with van der Waals surface area (Å²) >= 11 is 0. The first-order chi connectivity index (χ1) is 12.5.